The van der Waals surface area contributed by atoms with Gasteiger partial charge in [-0.3, -0.25) is 9.78 Å². The maximum Gasteiger partial charge on any atom is 0.426 e. The SMILES string of the molecule is NC(=O)c1c(C(F)(F)F)sc2cccnc12. The molecule has 0 aliphatic rings. The molecule has 2 aromatic heterocycles. The van der Waals surface area contributed by atoms with Gasteiger partial charge < -0.3 is 5.73 Å². The monoisotopic (exact) mass is 246 g/mol. The molecule has 3 nitrogen and oxygen atoms in total. The number of aromatic nitrogens is 1. The molecule has 0 aromatic carbocycles. The number of thiophene rings is 1. The van der Waals surface area contributed by atoms with Crippen LogP contribution in [0, 0.1) is 0 Å². The summed E-state index contributed by atoms with van der Waals surface area (Å²) in [6.07, 6.45) is -3.27. The maximum absolute atomic E-state index is 12.6. The van der Waals surface area contributed by atoms with Gasteiger partial charge in [-0.1, -0.05) is 0 Å². The first kappa shape index (κ1) is 10.9. The Morgan fingerprint density at radius 3 is 2.69 bits per heavy atom. The van der Waals surface area contributed by atoms with Gasteiger partial charge in [0.15, 0.2) is 0 Å². The number of amides is 1. The van der Waals surface area contributed by atoms with Crippen molar-refractivity contribution in [2.75, 3.05) is 0 Å². The standard InChI is InChI=1S/C9H5F3N2OS/c10-9(11,12)7-5(8(13)15)6-4(16-7)2-1-3-14-6/h1-3H,(H2,13,15). The van der Waals surface area contributed by atoms with Gasteiger partial charge in [-0.2, -0.15) is 13.2 Å². The third-order valence-corrected chi connectivity index (χ3v) is 3.14. The van der Waals surface area contributed by atoms with E-state index < -0.39 is 22.5 Å². The Kier molecular flexibility index (Phi) is 2.34. The van der Waals surface area contributed by atoms with E-state index in [-0.39, 0.29) is 5.52 Å². The van der Waals surface area contributed by atoms with E-state index in [4.69, 9.17) is 5.73 Å². The number of nitrogens with two attached hydrogens (primary N) is 1. The highest BCUT2D eigenvalue weighted by Crippen LogP contribution is 2.40. The Balaban J connectivity index is 2.84. The van der Waals surface area contributed by atoms with Crippen molar-refractivity contribution in [3.8, 4) is 0 Å². The molecule has 2 heterocycles. The summed E-state index contributed by atoms with van der Waals surface area (Å²) in [4.78, 5) is 13.8. The maximum atomic E-state index is 12.6. The highest BCUT2D eigenvalue weighted by molar-refractivity contribution is 7.19. The third kappa shape index (κ3) is 1.63. The molecule has 0 aliphatic carbocycles. The lowest BCUT2D eigenvalue weighted by Crippen LogP contribution is -2.16. The molecule has 84 valence electrons. The van der Waals surface area contributed by atoms with Gasteiger partial charge in [0.05, 0.1) is 15.8 Å². The van der Waals surface area contributed by atoms with Crippen LogP contribution in [0.1, 0.15) is 15.2 Å². The molecule has 0 fully saturated rings. The van der Waals surface area contributed by atoms with Crippen LogP contribution in [-0.2, 0) is 6.18 Å². The lowest BCUT2D eigenvalue weighted by molar-refractivity contribution is -0.134. The first-order valence-electron chi connectivity index (χ1n) is 4.16. The zero-order chi connectivity index (χ0) is 11.9. The predicted octanol–water partition coefficient (Wildman–Crippen LogP) is 2.41. The predicted molar refractivity (Wildman–Crippen MR) is 53.1 cm³/mol. The highest BCUT2D eigenvalue weighted by atomic mass is 32.1. The molecule has 2 rings (SSSR count). The van der Waals surface area contributed by atoms with Crippen molar-refractivity contribution < 1.29 is 18.0 Å². The van der Waals surface area contributed by atoms with Gasteiger partial charge >= 0.3 is 6.18 Å². The highest BCUT2D eigenvalue weighted by Gasteiger charge is 2.38. The number of pyridine rings is 1. The number of hydrogen-bond acceptors (Lipinski definition) is 3. The number of carbonyl (C=O) groups excluding carboxylic acids is 1. The number of primary amides is 1. The molecule has 1 amide bonds. The van der Waals surface area contributed by atoms with E-state index in [1.165, 1.54) is 18.3 Å². The number of nitrogens with zero attached hydrogens (tertiary/aromatic N) is 1. The van der Waals surface area contributed by atoms with Crippen LogP contribution in [0.4, 0.5) is 13.2 Å². The fraction of sp³-hybridized carbons (Fsp3) is 0.111. The van der Waals surface area contributed by atoms with Crippen LogP contribution in [-0.4, -0.2) is 10.9 Å². The second-order valence-electron chi connectivity index (χ2n) is 3.02. The lowest BCUT2D eigenvalue weighted by Gasteiger charge is -2.04. The quantitative estimate of drug-likeness (QED) is 0.840. The second-order valence-corrected chi connectivity index (χ2v) is 4.07. The fourth-order valence-corrected chi connectivity index (χ4v) is 2.39. The van der Waals surface area contributed by atoms with Crippen LogP contribution < -0.4 is 5.73 Å². The van der Waals surface area contributed by atoms with Gasteiger partial charge in [0.2, 0.25) is 0 Å². The van der Waals surface area contributed by atoms with Gasteiger partial charge in [0.1, 0.15) is 4.88 Å². The van der Waals surface area contributed by atoms with Crippen molar-refractivity contribution in [3.63, 3.8) is 0 Å². The summed E-state index contributed by atoms with van der Waals surface area (Å²) in [7, 11) is 0. The Morgan fingerprint density at radius 2 is 2.12 bits per heavy atom. The number of halogens is 3. The molecule has 2 aromatic rings. The van der Waals surface area contributed by atoms with Gasteiger partial charge in [-0.25, -0.2) is 0 Å². The van der Waals surface area contributed by atoms with Crippen LogP contribution >= 0.6 is 11.3 Å². The van der Waals surface area contributed by atoms with Crippen LogP contribution in [0.15, 0.2) is 18.3 Å². The normalized spacial score (nSPS) is 11.9. The van der Waals surface area contributed by atoms with Crippen molar-refractivity contribution in [2.24, 2.45) is 5.73 Å². The van der Waals surface area contributed by atoms with Crippen LogP contribution in [0.25, 0.3) is 10.2 Å². The van der Waals surface area contributed by atoms with Crippen molar-refractivity contribution in [3.05, 3.63) is 28.8 Å². The van der Waals surface area contributed by atoms with E-state index >= 15 is 0 Å². The van der Waals surface area contributed by atoms with E-state index in [0.29, 0.717) is 16.0 Å². The average Bonchev–Trinajstić information content (AvgIpc) is 2.55. The number of carbonyl (C=O) groups is 1. The molecule has 0 radical (unpaired) electrons. The smallest absolute Gasteiger partial charge is 0.365 e. The number of hydrogen-bond donors (Lipinski definition) is 1. The summed E-state index contributed by atoms with van der Waals surface area (Å²) in [6, 6.07) is 2.97. The molecule has 16 heavy (non-hydrogen) atoms. The Labute approximate surface area is 91.7 Å². The summed E-state index contributed by atoms with van der Waals surface area (Å²) in [5, 5.41) is 0. The minimum atomic E-state index is -4.59. The average molecular weight is 246 g/mol. The summed E-state index contributed by atoms with van der Waals surface area (Å²) < 4.78 is 38.2. The van der Waals surface area contributed by atoms with E-state index in [1.54, 1.807) is 0 Å². The summed E-state index contributed by atoms with van der Waals surface area (Å²) in [5.74, 6) is -1.11. The van der Waals surface area contributed by atoms with Crippen LogP contribution in [0.3, 0.4) is 0 Å². The molecular formula is C9H5F3N2OS. The van der Waals surface area contributed by atoms with E-state index in [2.05, 4.69) is 4.98 Å². The molecule has 7 heteroatoms. The number of fused-ring (bicyclic) bond motifs is 1. The minimum Gasteiger partial charge on any atom is -0.365 e. The molecular weight excluding hydrogens is 241 g/mol. The fourth-order valence-electron chi connectivity index (χ4n) is 1.36. The van der Waals surface area contributed by atoms with E-state index in [9.17, 15) is 18.0 Å². The van der Waals surface area contributed by atoms with Crippen molar-refractivity contribution in [1.29, 1.82) is 0 Å². The number of alkyl halides is 3. The van der Waals surface area contributed by atoms with Crippen molar-refractivity contribution >= 4 is 27.5 Å². The first-order chi connectivity index (χ1) is 7.41. The number of rotatable bonds is 1. The Morgan fingerprint density at radius 1 is 1.44 bits per heavy atom. The Hall–Kier alpha value is -1.63. The van der Waals surface area contributed by atoms with Crippen LogP contribution in [0.5, 0.6) is 0 Å². The topological polar surface area (TPSA) is 56.0 Å². The molecule has 0 spiro atoms. The van der Waals surface area contributed by atoms with Gasteiger partial charge in [-0.15, -0.1) is 11.3 Å². The molecule has 0 aliphatic heterocycles. The minimum absolute atomic E-state index is 0.00678. The summed E-state index contributed by atoms with van der Waals surface area (Å²) >= 11 is 0.471. The lowest BCUT2D eigenvalue weighted by atomic mass is 10.2. The van der Waals surface area contributed by atoms with Gasteiger partial charge in [-0.05, 0) is 12.1 Å². The summed E-state index contributed by atoms with van der Waals surface area (Å²) in [5.41, 5.74) is 4.41. The molecule has 0 atom stereocenters. The largest absolute Gasteiger partial charge is 0.426 e. The van der Waals surface area contributed by atoms with Crippen molar-refractivity contribution in [1.82, 2.24) is 4.98 Å². The molecule has 2 N–H and O–H groups in total. The molecule has 0 bridgehead atoms. The van der Waals surface area contributed by atoms with E-state index in [0.717, 1.165) is 0 Å². The molecule has 0 unspecified atom stereocenters. The third-order valence-electron chi connectivity index (χ3n) is 1.95. The van der Waals surface area contributed by atoms with Gasteiger partial charge in [0, 0.05) is 6.20 Å². The van der Waals surface area contributed by atoms with Gasteiger partial charge in [0.25, 0.3) is 5.91 Å². The van der Waals surface area contributed by atoms with E-state index in [1.807, 2.05) is 0 Å². The zero-order valence-electron chi connectivity index (χ0n) is 7.71. The van der Waals surface area contributed by atoms with Crippen LogP contribution in [0.2, 0.25) is 0 Å². The van der Waals surface area contributed by atoms with Crippen molar-refractivity contribution in [2.45, 2.75) is 6.18 Å². The summed E-state index contributed by atoms with van der Waals surface area (Å²) in [6.45, 7) is 0. The molecule has 0 saturated heterocycles. The zero-order valence-corrected chi connectivity index (χ0v) is 8.52. The Bertz CT molecular complexity index is 561. The first-order valence-corrected chi connectivity index (χ1v) is 4.97. The molecule has 0 saturated carbocycles. The second kappa shape index (κ2) is 3.44.